The summed E-state index contributed by atoms with van der Waals surface area (Å²) in [4.78, 5) is 1.04. The Morgan fingerprint density at radius 1 is 1.29 bits per heavy atom. The van der Waals surface area contributed by atoms with Gasteiger partial charge in [0.15, 0.2) is 0 Å². The maximum absolute atomic E-state index is 12.0. The highest BCUT2D eigenvalue weighted by molar-refractivity contribution is 7.94. The predicted octanol–water partition coefficient (Wildman–Crippen LogP) is 2.27. The minimum Gasteiger partial charge on any atom is -0.253 e. The topological polar surface area (TPSA) is 72.0 Å². The standard InChI is InChI=1S/C9H11N3O2S3/c1-3-7-4-5-8(16-7)17(13,14)12-9-11-10-6(2)15-9/h4-5H,3H2,1-2H3,(H,11,12). The van der Waals surface area contributed by atoms with Crippen molar-refractivity contribution >= 4 is 37.8 Å². The molecule has 2 aromatic rings. The molecule has 2 heterocycles. The second-order valence-corrected chi connectivity index (χ2v) is 7.57. The lowest BCUT2D eigenvalue weighted by atomic mass is 10.4. The maximum Gasteiger partial charge on any atom is 0.273 e. The highest BCUT2D eigenvalue weighted by atomic mass is 32.2. The summed E-state index contributed by atoms with van der Waals surface area (Å²) in [6, 6.07) is 3.43. The van der Waals surface area contributed by atoms with Gasteiger partial charge in [-0.25, -0.2) is 8.42 Å². The zero-order chi connectivity index (χ0) is 12.5. The number of anilines is 1. The molecule has 0 aliphatic heterocycles. The van der Waals surface area contributed by atoms with Crippen molar-refractivity contribution in [1.29, 1.82) is 0 Å². The van der Waals surface area contributed by atoms with Crippen LogP contribution in [-0.2, 0) is 16.4 Å². The number of rotatable bonds is 4. The molecule has 0 spiro atoms. The molecule has 0 aromatic carbocycles. The number of aromatic nitrogens is 2. The smallest absolute Gasteiger partial charge is 0.253 e. The Balaban J connectivity index is 2.24. The lowest BCUT2D eigenvalue weighted by Gasteiger charge is -2.00. The van der Waals surface area contributed by atoms with Gasteiger partial charge in [-0.1, -0.05) is 18.3 Å². The van der Waals surface area contributed by atoms with E-state index in [0.29, 0.717) is 9.34 Å². The molecular weight excluding hydrogens is 278 g/mol. The van der Waals surface area contributed by atoms with Crippen molar-refractivity contribution in [2.45, 2.75) is 24.5 Å². The highest BCUT2D eigenvalue weighted by Crippen LogP contribution is 2.25. The molecule has 0 atom stereocenters. The van der Waals surface area contributed by atoms with E-state index in [1.165, 1.54) is 22.7 Å². The summed E-state index contributed by atoms with van der Waals surface area (Å²) in [6.45, 7) is 3.76. The Hall–Kier alpha value is -0.990. The summed E-state index contributed by atoms with van der Waals surface area (Å²) in [7, 11) is -3.51. The van der Waals surface area contributed by atoms with E-state index >= 15 is 0 Å². The predicted molar refractivity (Wildman–Crippen MR) is 69.2 cm³/mol. The van der Waals surface area contributed by atoms with Gasteiger partial charge in [0.2, 0.25) is 5.13 Å². The van der Waals surface area contributed by atoms with Gasteiger partial charge in [0.25, 0.3) is 10.0 Å². The zero-order valence-electron chi connectivity index (χ0n) is 9.30. The lowest BCUT2D eigenvalue weighted by Crippen LogP contribution is -2.11. The van der Waals surface area contributed by atoms with Crippen molar-refractivity contribution < 1.29 is 8.42 Å². The average Bonchev–Trinajstić information content (AvgIpc) is 2.86. The molecule has 0 unspecified atom stereocenters. The molecule has 0 aliphatic carbocycles. The SMILES string of the molecule is CCc1ccc(S(=O)(=O)Nc2nnc(C)s2)s1. The monoisotopic (exact) mass is 289 g/mol. The summed E-state index contributed by atoms with van der Waals surface area (Å²) in [5, 5.41) is 8.52. The van der Waals surface area contributed by atoms with Gasteiger partial charge >= 0.3 is 0 Å². The third-order valence-corrected chi connectivity index (χ3v) is 5.94. The average molecular weight is 289 g/mol. The Morgan fingerprint density at radius 3 is 2.59 bits per heavy atom. The van der Waals surface area contributed by atoms with Gasteiger partial charge in [-0.2, -0.15) is 0 Å². The first-order valence-corrected chi connectivity index (χ1v) is 8.04. The molecular formula is C9H11N3O2S3. The van der Waals surface area contributed by atoms with E-state index < -0.39 is 10.0 Å². The number of aryl methyl sites for hydroxylation is 2. The van der Waals surface area contributed by atoms with Crippen molar-refractivity contribution in [3.63, 3.8) is 0 Å². The van der Waals surface area contributed by atoms with Crippen LogP contribution in [0.5, 0.6) is 0 Å². The molecule has 2 rings (SSSR count). The van der Waals surface area contributed by atoms with E-state index in [9.17, 15) is 8.42 Å². The van der Waals surface area contributed by atoms with E-state index in [1.54, 1.807) is 13.0 Å². The molecule has 17 heavy (non-hydrogen) atoms. The second kappa shape index (κ2) is 4.71. The number of thiophene rings is 1. The zero-order valence-corrected chi connectivity index (χ0v) is 11.7. The van der Waals surface area contributed by atoms with Gasteiger partial charge in [-0.15, -0.1) is 21.5 Å². The molecule has 2 aromatic heterocycles. The summed E-state index contributed by atoms with van der Waals surface area (Å²) in [5.41, 5.74) is 0. The van der Waals surface area contributed by atoms with Crippen LogP contribution in [0.1, 0.15) is 16.8 Å². The molecule has 8 heteroatoms. The van der Waals surface area contributed by atoms with Crippen LogP contribution in [0.3, 0.4) is 0 Å². The first-order valence-electron chi connectivity index (χ1n) is 4.93. The van der Waals surface area contributed by atoms with Crippen molar-refractivity contribution in [3.8, 4) is 0 Å². The van der Waals surface area contributed by atoms with E-state index in [2.05, 4.69) is 14.9 Å². The van der Waals surface area contributed by atoms with Crippen LogP contribution < -0.4 is 4.72 Å². The van der Waals surface area contributed by atoms with E-state index in [4.69, 9.17) is 0 Å². The molecule has 5 nitrogen and oxygen atoms in total. The lowest BCUT2D eigenvalue weighted by molar-refractivity contribution is 0.603. The molecule has 0 saturated carbocycles. The van der Waals surface area contributed by atoms with Crippen molar-refractivity contribution in [2.75, 3.05) is 4.72 Å². The first-order chi connectivity index (χ1) is 8.01. The minimum absolute atomic E-state index is 0.300. The van der Waals surface area contributed by atoms with E-state index in [1.807, 2.05) is 13.0 Å². The Labute approximate surface area is 108 Å². The third kappa shape index (κ3) is 2.82. The number of hydrogen-bond acceptors (Lipinski definition) is 6. The van der Waals surface area contributed by atoms with Gasteiger partial charge in [0, 0.05) is 4.88 Å². The summed E-state index contributed by atoms with van der Waals surface area (Å²) < 4.78 is 26.7. The van der Waals surface area contributed by atoms with Crippen LogP contribution in [0.25, 0.3) is 0 Å². The fourth-order valence-corrected chi connectivity index (χ4v) is 4.31. The Kier molecular flexibility index (Phi) is 3.45. The highest BCUT2D eigenvalue weighted by Gasteiger charge is 2.18. The van der Waals surface area contributed by atoms with Crippen LogP contribution >= 0.6 is 22.7 Å². The van der Waals surface area contributed by atoms with Gasteiger partial charge in [0.1, 0.15) is 9.22 Å². The van der Waals surface area contributed by atoms with Crippen LogP contribution in [0.4, 0.5) is 5.13 Å². The normalized spacial score (nSPS) is 11.6. The van der Waals surface area contributed by atoms with Crippen LogP contribution in [0, 0.1) is 6.92 Å². The summed E-state index contributed by atoms with van der Waals surface area (Å²) in [5.74, 6) is 0. The van der Waals surface area contributed by atoms with Crippen molar-refractivity contribution in [1.82, 2.24) is 10.2 Å². The number of sulfonamides is 1. The number of hydrogen-bond donors (Lipinski definition) is 1. The quantitative estimate of drug-likeness (QED) is 0.937. The molecule has 1 N–H and O–H groups in total. The Morgan fingerprint density at radius 2 is 2.06 bits per heavy atom. The summed E-state index contributed by atoms with van der Waals surface area (Å²) >= 11 is 2.49. The van der Waals surface area contributed by atoms with Crippen LogP contribution in [-0.4, -0.2) is 18.6 Å². The van der Waals surface area contributed by atoms with Gasteiger partial charge in [-0.05, 0) is 25.5 Å². The minimum atomic E-state index is -3.51. The molecule has 0 radical (unpaired) electrons. The fourth-order valence-electron chi connectivity index (χ4n) is 1.20. The first kappa shape index (κ1) is 12.5. The molecule has 0 saturated heterocycles. The fraction of sp³-hybridized carbons (Fsp3) is 0.333. The number of nitrogens with one attached hydrogen (secondary N) is 1. The van der Waals surface area contributed by atoms with Crippen molar-refractivity contribution in [3.05, 3.63) is 22.0 Å². The Bertz CT molecular complexity index is 615. The maximum atomic E-state index is 12.0. The van der Waals surface area contributed by atoms with E-state index in [0.717, 1.165) is 16.3 Å². The molecule has 0 fully saturated rings. The van der Waals surface area contributed by atoms with Crippen molar-refractivity contribution in [2.24, 2.45) is 0 Å². The van der Waals surface area contributed by atoms with Gasteiger partial charge < -0.3 is 0 Å². The second-order valence-electron chi connectivity index (χ2n) is 3.31. The van der Waals surface area contributed by atoms with Crippen LogP contribution in [0.15, 0.2) is 16.3 Å². The summed E-state index contributed by atoms with van der Waals surface area (Å²) in [6.07, 6.45) is 0.831. The third-order valence-electron chi connectivity index (χ3n) is 2.00. The van der Waals surface area contributed by atoms with Gasteiger partial charge in [0.05, 0.1) is 0 Å². The number of nitrogens with zero attached hydrogens (tertiary/aromatic N) is 2. The molecule has 0 aliphatic rings. The van der Waals surface area contributed by atoms with Gasteiger partial charge in [-0.3, -0.25) is 4.72 Å². The van der Waals surface area contributed by atoms with E-state index in [-0.39, 0.29) is 0 Å². The largest absolute Gasteiger partial charge is 0.273 e. The molecule has 92 valence electrons. The molecule has 0 bridgehead atoms. The van der Waals surface area contributed by atoms with Crippen LogP contribution in [0.2, 0.25) is 0 Å². The molecule has 0 amide bonds.